The molecule has 1 rings (SSSR count). The Morgan fingerprint density at radius 2 is 1.72 bits per heavy atom. The van der Waals surface area contributed by atoms with Crippen LogP contribution in [-0.2, 0) is 0 Å². The fraction of sp³-hybridized carbons (Fsp3) is 0. The average molecular weight is 243 g/mol. The molecule has 0 fully saturated rings. The molecule has 0 unspecified atom stereocenters. The predicted molar refractivity (Wildman–Crippen MR) is 60.3 cm³/mol. The molecule has 0 saturated carbocycles. The molecule has 1 aliphatic heterocycles. The van der Waals surface area contributed by atoms with E-state index in [4.69, 9.17) is 22.1 Å². The number of rotatable bonds is 4. The first-order valence-corrected chi connectivity index (χ1v) is 4.19. The van der Waals surface area contributed by atoms with Crippen LogP contribution in [0.3, 0.4) is 0 Å². The van der Waals surface area contributed by atoms with Gasteiger partial charge in [0.1, 0.15) is 0 Å². The van der Waals surface area contributed by atoms with Crippen molar-refractivity contribution in [1.29, 1.82) is 0 Å². The van der Waals surface area contributed by atoms with E-state index < -0.39 is 6.98 Å². The second-order valence-electron chi connectivity index (χ2n) is 2.59. The average Bonchev–Trinajstić information content (AvgIpc) is 2.37. The number of allylic oxidation sites excluding steroid dienone is 1. The maximum absolute atomic E-state index is 8.41. The van der Waals surface area contributed by atoms with E-state index in [9.17, 15) is 0 Å². The summed E-state index contributed by atoms with van der Waals surface area (Å²) >= 11 is 0. The third-order valence-corrected chi connectivity index (χ3v) is 1.72. The van der Waals surface area contributed by atoms with Crippen molar-refractivity contribution in [2.24, 2.45) is 20.5 Å². The standard InChI is InChI=1S/C4H2BN13/c6-13-10-3-1-2-5(12-15-8)18(17-16-9)4(3)11-14-7/h1-2H. The maximum atomic E-state index is 8.41. The SMILES string of the molecule is [N-]=[N+]=NB1C=CC(N=[N+]=[N-])=C(N=[N+]=[N-])N1N=[N+]=[N-]. The first kappa shape index (κ1) is 12.7. The van der Waals surface area contributed by atoms with Gasteiger partial charge in [0.2, 0.25) is 0 Å². The zero-order chi connectivity index (χ0) is 13.4. The summed E-state index contributed by atoms with van der Waals surface area (Å²) in [6.07, 6.45) is 1.28. The lowest BCUT2D eigenvalue weighted by molar-refractivity contribution is 0.542. The Labute approximate surface area is 98.6 Å². The molecule has 0 aromatic carbocycles. The molecule has 14 heteroatoms. The summed E-state index contributed by atoms with van der Waals surface area (Å²) < 4.78 is 0. The van der Waals surface area contributed by atoms with Crippen molar-refractivity contribution in [3.63, 3.8) is 0 Å². The summed E-state index contributed by atoms with van der Waals surface area (Å²) in [5.41, 5.74) is 33.4. The molecular weight excluding hydrogens is 241 g/mol. The largest absolute Gasteiger partial charge is 0.499 e. The second kappa shape index (κ2) is 6.23. The molecule has 0 aromatic heterocycles. The van der Waals surface area contributed by atoms with E-state index in [1.165, 1.54) is 12.1 Å². The maximum Gasteiger partial charge on any atom is 0.499 e. The van der Waals surface area contributed by atoms with Crippen LogP contribution in [0.5, 0.6) is 0 Å². The van der Waals surface area contributed by atoms with Gasteiger partial charge in [-0.3, -0.25) is 4.92 Å². The molecular formula is C4H2BN13. The van der Waals surface area contributed by atoms with Crippen molar-refractivity contribution in [2.75, 3.05) is 0 Å². The molecule has 0 N–H and O–H groups in total. The minimum absolute atomic E-state index is 0.0629. The summed E-state index contributed by atoms with van der Waals surface area (Å²) in [7, 11) is 0. The summed E-state index contributed by atoms with van der Waals surface area (Å²) in [5, 5.41) is 13.0. The molecule has 13 nitrogen and oxygen atoms in total. The molecule has 1 aliphatic rings. The van der Waals surface area contributed by atoms with E-state index >= 15 is 0 Å². The Kier molecular flexibility index (Phi) is 4.38. The van der Waals surface area contributed by atoms with Crippen molar-refractivity contribution in [3.05, 3.63) is 65.3 Å². The smallest absolute Gasteiger partial charge is 0.266 e. The Hall–Kier alpha value is -3.42. The van der Waals surface area contributed by atoms with Gasteiger partial charge in [0.15, 0.2) is 5.82 Å². The lowest BCUT2D eigenvalue weighted by Gasteiger charge is -2.20. The van der Waals surface area contributed by atoms with Gasteiger partial charge in [-0.25, -0.2) is 0 Å². The van der Waals surface area contributed by atoms with Crippen molar-refractivity contribution in [3.8, 4) is 0 Å². The minimum atomic E-state index is -1.01. The number of nitrogens with zero attached hydrogens (tertiary/aromatic N) is 13. The lowest BCUT2D eigenvalue weighted by Crippen LogP contribution is -2.33. The highest BCUT2D eigenvalue weighted by molar-refractivity contribution is 6.60. The van der Waals surface area contributed by atoms with E-state index in [2.05, 4.69) is 40.1 Å². The van der Waals surface area contributed by atoms with E-state index in [-0.39, 0.29) is 11.5 Å². The molecule has 0 amide bonds. The highest BCUT2D eigenvalue weighted by Crippen LogP contribution is 2.23. The van der Waals surface area contributed by atoms with Gasteiger partial charge >= 0.3 is 6.98 Å². The van der Waals surface area contributed by atoms with Crippen LogP contribution in [0.4, 0.5) is 0 Å². The Bertz CT molecular complexity index is 588. The highest BCUT2D eigenvalue weighted by atomic mass is 15.6. The van der Waals surface area contributed by atoms with Crippen molar-refractivity contribution in [2.45, 2.75) is 0 Å². The first-order valence-electron chi connectivity index (χ1n) is 4.19. The van der Waals surface area contributed by atoms with Gasteiger partial charge in [0, 0.05) is 9.82 Å². The zero-order valence-electron chi connectivity index (χ0n) is 8.55. The molecule has 86 valence electrons. The quantitative estimate of drug-likeness (QED) is 0.310. The van der Waals surface area contributed by atoms with Crippen molar-refractivity contribution in [1.82, 2.24) is 4.92 Å². The summed E-state index contributed by atoms with van der Waals surface area (Å²) in [5.74, 6) is 1.06. The van der Waals surface area contributed by atoms with Gasteiger partial charge < -0.3 is 0 Å². The lowest BCUT2D eigenvalue weighted by atomic mass is 9.75. The Morgan fingerprint density at radius 3 is 2.28 bits per heavy atom. The van der Waals surface area contributed by atoms with Crippen LogP contribution in [0.15, 0.2) is 44.0 Å². The molecule has 0 atom stereocenters. The van der Waals surface area contributed by atoms with Gasteiger partial charge in [0.05, 0.1) is 5.70 Å². The van der Waals surface area contributed by atoms with E-state index in [0.29, 0.717) is 0 Å². The van der Waals surface area contributed by atoms with Crippen LogP contribution in [0.25, 0.3) is 41.8 Å². The Balaban J connectivity index is 3.44. The third kappa shape index (κ3) is 2.58. The summed E-state index contributed by atoms with van der Waals surface area (Å²) in [6.45, 7) is -1.01. The van der Waals surface area contributed by atoms with Crippen LogP contribution >= 0.6 is 0 Å². The molecule has 0 radical (unpaired) electrons. The topological polar surface area (TPSA) is 198 Å². The van der Waals surface area contributed by atoms with E-state index in [1.54, 1.807) is 0 Å². The van der Waals surface area contributed by atoms with Gasteiger partial charge in [0.25, 0.3) is 0 Å². The van der Waals surface area contributed by atoms with Crippen molar-refractivity contribution >= 4 is 6.98 Å². The van der Waals surface area contributed by atoms with Crippen LogP contribution in [0, 0.1) is 0 Å². The molecule has 0 spiro atoms. The fourth-order valence-electron chi connectivity index (χ4n) is 1.12. The molecule has 0 aromatic rings. The minimum Gasteiger partial charge on any atom is -0.266 e. The third-order valence-electron chi connectivity index (χ3n) is 1.72. The molecule has 18 heavy (non-hydrogen) atoms. The number of hydrogen-bond donors (Lipinski definition) is 0. The predicted octanol–water partition coefficient (Wildman–Crippen LogP) is 3.21. The molecule has 0 bridgehead atoms. The number of hydrogen-bond acceptors (Lipinski definition) is 4. The molecule has 0 aliphatic carbocycles. The summed E-state index contributed by atoms with van der Waals surface area (Å²) in [4.78, 5) is 10.9. The molecule has 0 saturated heterocycles. The zero-order valence-corrected chi connectivity index (χ0v) is 8.55. The van der Waals surface area contributed by atoms with Gasteiger partial charge in [-0.1, -0.05) is 22.2 Å². The van der Waals surface area contributed by atoms with Crippen LogP contribution in [0.1, 0.15) is 0 Å². The highest BCUT2D eigenvalue weighted by Gasteiger charge is 2.32. The monoisotopic (exact) mass is 243 g/mol. The second-order valence-corrected chi connectivity index (χ2v) is 2.59. The normalized spacial score (nSPS) is 12.9. The van der Waals surface area contributed by atoms with E-state index in [0.717, 1.165) is 4.92 Å². The van der Waals surface area contributed by atoms with Crippen LogP contribution in [0.2, 0.25) is 0 Å². The van der Waals surface area contributed by atoms with Gasteiger partial charge in [-0.2, -0.15) is 4.91 Å². The number of azide groups is 4. The van der Waals surface area contributed by atoms with E-state index in [1.807, 2.05) is 0 Å². The summed E-state index contributed by atoms with van der Waals surface area (Å²) in [6, 6.07) is 0. The Morgan fingerprint density at radius 1 is 1.00 bits per heavy atom. The van der Waals surface area contributed by atoms with Gasteiger partial charge in [-0.15, -0.1) is 5.53 Å². The first-order chi connectivity index (χ1) is 8.78. The van der Waals surface area contributed by atoms with Crippen LogP contribution < -0.4 is 0 Å². The molecule has 1 heterocycles. The van der Waals surface area contributed by atoms with Crippen LogP contribution in [-0.4, -0.2) is 11.9 Å². The fourth-order valence-corrected chi connectivity index (χ4v) is 1.12. The van der Waals surface area contributed by atoms with Gasteiger partial charge in [-0.05, 0) is 31.8 Å². The van der Waals surface area contributed by atoms with Crippen molar-refractivity contribution < 1.29 is 0 Å².